The molecular weight excluding hydrogens is 438 g/mol. The molecule has 0 spiro atoms. The maximum absolute atomic E-state index is 13.2. The molecule has 0 bridgehead atoms. The highest BCUT2D eigenvalue weighted by Gasteiger charge is 2.27. The normalized spacial score (nSPS) is 15.9. The van der Waals surface area contributed by atoms with E-state index >= 15 is 0 Å². The van der Waals surface area contributed by atoms with E-state index < -0.39 is 9.84 Å². The maximum atomic E-state index is 13.2. The van der Waals surface area contributed by atoms with Gasteiger partial charge in [-0.25, -0.2) is 18.4 Å². The Morgan fingerprint density at radius 2 is 1.75 bits per heavy atom. The lowest BCUT2D eigenvalue weighted by Gasteiger charge is -2.31. The van der Waals surface area contributed by atoms with Crippen molar-refractivity contribution in [3.8, 4) is 0 Å². The number of benzene rings is 2. The summed E-state index contributed by atoms with van der Waals surface area (Å²) in [4.78, 5) is 11.7. The van der Waals surface area contributed by atoms with E-state index in [1.165, 1.54) is 9.71 Å². The summed E-state index contributed by atoms with van der Waals surface area (Å²) in [5.74, 6) is 0.466. The number of sulfone groups is 1. The number of piperidine rings is 1. The molecule has 0 radical (unpaired) electrons. The van der Waals surface area contributed by atoms with Crippen molar-refractivity contribution >= 4 is 31.4 Å². The van der Waals surface area contributed by atoms with Gasteiger partial charge in [0, 0.05) is 24.2 Å². The summed E-state index contributed by atoms with van der Waals surface area (Å²) in [6, 6.07) is 19.0. The first-order chi connectivity index (χ1) is 15.5. The van der Waals surface area contributed by atoms with Gasteiger partial charge in [0.2, 0.25) is 9.84 Å². The van der Waals surface area contributed by atoms with Gasteiger partial charge >= 0.3 is 0 Å². The van der Waals surface area contributed by atoms with Gasteiger partial charge in [-0.2, -0.15) is 0 Å². The minimum Gasteiger partial charge on any atom is -0.299 e. The zero-order valence-corrected chi connectivity index (χ0v) is 19.6. The lowest BCUT2D eigenvalue weighted by Crippen LogP contribution is -2.33. The molecule has 1 saturated heterocycles. The zero-order chi connectivity index (χ0) is 22.1. The molecule has 5 rings (SSSR count). The summed E-state index contributed by atoms with van der Waals surface area (Å²) in [5, 5.41) is 1.38. The van der Waals surface area contributed by atoms with Crippen LogP contribution in [0.1, 0.15) is 34.9 Å². The fraction of sp³-hybridized carbons (Fsp3) is 0.280. The molecule has 0 amide bonds. The van der Waals surface area contributed by atoms with Crippen molar-refractivity contribution in [2.24, 2.45) is 0 Å². The molecule has 32 heavy (non-hydrogen) atoms. The Kier molecular flexibility index (Phi) is 5.80. The van der Waals surface area contributed by atoms with E-state index in [1.54, 1.807) is 29.7 Å². The lowest BCUT2D eigenvalue weighted by molar-refractivity contribution is 0.203. The number of pyridine rings is 1. The summed E-state index contributed by atoms with van der Waals surface area (Å²) in [6.07, 6.45) is 3.62. The smallest absolute Gasteiger partial charge is 0.224 e. The number of aryl methyl sites for hydroxylation is 1. The second-order valence-corrected chi connectivity index (χ2v) is 11.3. The number of hydrogen-bond donors (Lipinski definition) is 0. The standard InChI is InChI=1S/C25H25N3O2S2/c1-18-8-10-21(11-9-18)32(29,30)25-20(5-4-14-26-25)17-28-15-12-19(13-16-28)24-27-22-6-2-3-7-23(22)31-24/h2-11,14,19H,12-13,15-17H2,1H3. The number of aromatic nitrogens is 2. The summed E-state index contributed by atoms with van der Waals surface area (Å²) in [5.41, 5.74) is 2.86. The zero-order valence-electron chi connectivity index (χ0n) is 17.9. The highest BCUT2D eigenvalue weighted by atomic mass is 32.2. The largest absolute Gasteiger partial charge is 0.299 e. The number of fused-ring (bicyclic) bond motifs is 1. The third-order valence-electron chi connectivity index (χ3n) is 6.08. The topological polar surface area (TPSA) is 63.2 Å². The molecule has 0 N–H and O–H groups in total. The quantitative estimate of drug-likeness (QED) is 0.406. The van der Waals surface area contributed by atoms with Crippen LogP contribution >= 0.6 is 11.3 Å². The van der Waals surface area contributed by atoms with Gasteiger partial charge in [0.05, 0.1) is 20.1 Å². The van der Waals surface area contributed by atoms with Crippen LogP contribution in [0, 0.1) is 6.92 Å². The third kappa shape index (κ3) is 4.20. The first-order valence-corrected chi connectivity index (χ1v) is 13.1. The Morgan fingerprint density at radius 3 is 2.50 bits per heavy atom. The Morgan fingerprint density at radius 1 is 1.00 bits per heavy atom. The molecule has 0 aliphatic carbocycles. The van der Waals surface area contributed by atoms with Gasteiger partial charge in [0.1, 0.15) is 0 Å². The van der Waals surface area contributed by atoms with E-state index in [0.29, 0.717) is 12.5 Å². The number of thiazole rings is 1. The van der Waals surface area contributed by atoms with Crippen LogP contribution < -0.4 is 0 Å². The first kappa shape index (κ1) is 21.2. The summed E-state index contributed by atoms with van der Waals surface area (Å²) in [6.45, 7) is 4.36. The van der Waals surface area contributed by atoms with Crippen LogP contribution in [-0.2, 0) is 16.4 Å². The fourth-order valence-electron chi connectivity index (χ4n) is 4.26. The van der Waals surface area contributed by atoms with E-state index in [9.17, 15) is 8.42 Å². The van der Waals surface area contributed by atoms with Gasteiger partial charge in [-0.1, -0.05) is 35.9 Å². The highest BCUT2D eigenvalue weighted by molar-refractivity contribution is 7.91. The van der Waals surface area contributed by atoms with Crippen LogP contribution in [0.3, 0.4) is 0 Å². The van der Waals surface area contributed by atoms with Crippen molar-refractivity contribution < 1.29 is 8.42 Å². The predicted octanol–water partition coefficient (Wildman–Crippen LogP) is 5.21. The Balaban J connectivity index is 1.31. The molecule has 0 atom stereocenters. The second kappa shape index (κ2) is 8.73. The molecule has 0 unspecified atom stereocenters. The fourth-order valence-corrected chi connectivity index (χ4v) is 6.79. The average molecular weight is 464 g/mol. The molecule has 2 aromatic carbocycles. The second-order valence-electron chi connectivity index (χ2n) is 8.35. The van der Waals surface area contributed by atoms with Crippen molar-refractivity contribution in [2.45, 2.75) is 42.1 Å². The van der Waals surface area contributed by atoms with Gasteiger partial charge in [-0.15, -0.1) is 11.3 Å². The first-order valence-electron chi connectivity index (χ1n) is 10.8. The molecular formula is C25H25N3O2S2. The van der Waals surface area contributed by atoms with Crippen LogP contribution in [0.2, 0.25) is 0 Å². The minimum absolute atomic E-state index is 0.164. The third-order valence-corrected chi connectivity index (χ3v) is 9.05. The Hall–Kier alpha value is -2.61. The number of likely N-dealkylation sites (tertiary alicyclic amines) is 1. The summed E-state index contributed by atoms with van der Waals surface area (Å²) in [7, 11) is -3.65. The van der Waals surface area contributed by atoms with Gasteiger partial charge in [0.25, 0.3) is 0 Å². The molecule has 1 fully saturated rings. The van der Waals surface area contributed by atoms with E-state index in [4.69, 9.17) is 4.98 Å². The van der Waals surface area contributed by atoms with Crippen LogP contribution in [0.25, 0.3) is 10.2 Å². The van der Waals surface area contributed by atoms with Crippen LogP contribution in [0.5, 0.6) is 0 Å². The average Bonchev–Trinajstić information content (AvgIpc) is 3.24. The molecule has 1 aliphatic rings. The maximum Gasteiger partial charge on any atom is 0.224 e. The van der Waals surface area contributed by atoms with Gasteiger partial charge in [-0.3, -0.25) is 4.90 Å². The van der Waals surface area contributed by atoms with E-state index in [1.807, 2.05) is 37.3 Å². The molecule has 3 heterocycles. The monoisotopic (exact) mass is 463 g/mol. The van der Waals surface area contributed by atoms with E-state index in [2.05, 4.69) is 28.1 Å². The molecule has 4 aromatic rings. The molecule has 5 nitrogen and oxygen atoms in total. The minimum atomic E-state index is -3.65. The van der Waals surface area contributed by atoms with E-state index in [-0.39, 0.29) is 9.92 Å². The lowest BCUT2D eigenvalue weighted by atomic mass is 9.97. The van der Waals surface area contributed by atoms with Crippen molar-refractivity contribution in [1.82, 2.24) is 14.9 Å². The van der Waals surface area contributed by atoms with Crippen molar-refractivity contribution in [2.75, 3.05) is 13.1 Å². The van der Waals surface area contributed by atoms with E-state index in [0.717, 1.165) is 42.6 Å². The highest BCUT2D eigenvalue weighted by Crippen LogP contribution is 2.34. The molecule has 0 saturated carbocycles. The van der Waals surface area contributed by atoms with Crippen LogP contribution in [-0.4, -0.2) is 36.4 Å². The number of hydrogen-bond acceptors (Lipinski definition) is 6. The van der Waals surface area contributed by atoms with Crippen LogP contribution in [0.15, 0.2) is 76.8 Å². The van der Waals surface area contributed by atoms with Gasteiger partial charge < -0.3 is 0 Å². The summed E-state index contributed by atoms with van der Waals surface area (Å²) >= 11 is 1.79. The SMILES string of the molecule is Cc1ccc(S(=O)(=O)c2ncccc2CN2CCC(c3nc4ccccc4s3)CC2)cc1. The summed E-state index contributed by atoms with van der Waals surface area (Å²) < 4.78 is 27.7. The molecule has 2 aromatic heterocycles. The van der Waals surface area contributed by atoms with Crippen molar-refractivity contribution in [3.05, 3.63) is 83.0 Å². The number of para-hydroxylation sites is 1. The van der Waals surface area contributed by atoms with Gasteiger partial charge in [0.15, 0.2) is 5.03 Å². The van der Waals surface area contributed by atoms with Crippen LogP contribution in [0.4, 0.5) is 0 Å². The number of rotatable bonds is 5. The number of nitrogens with zero attached hydrogens (tertiary/aromatic N) is 3. The molecule has 1 aliphatic heterocycles. The Labute approximate surface area is 192 Å². The molecule has 164 valence electrons. The predicted molar refractivity (Wildman–Crippen MR) is 128 cm³/mol. The van der Waals surface area contributed by atoms with Gasteiger partial charge in [-0.05, 0) is 63.2 Å². The van der Waals surface area contributed by atoms with Crippen molar-refractivity contribution in [1.29, 1.82) is 0 Å². The molecule has 7 heteroatoms. The van der Waals surface area contributed by atoms with Crippen molar-refractivity contribution in [3.63, 3.8) is 0 Å². The Bertz CT molecular complexity index is 1310.